The minimum atomic E-state index is -0.315. The lowest BCUT2D eigenvalue weighted by atomic mass is 9.91. The van der Waals surface area contributed by atoms with E-state index in [1.54, 1.807) is 11.0 Å². The van der Waals surface area contributed by atoms with Crippen LogP contribution in [0.4, 0.5) is 4.79 Å². The fraction of sp³-hybridized carbons (Fsp3) is 0.273. The van der Waals surface area contributed by atoms with Crippen LogP contribution in [0.15, 0.2) is 66.7 Å². The molecule has 0 N–H and O–H groups in total. The van der Waals surface area contributed by atoms with Crippen LogP contribution < -0.4 is 0 Å². The second kappa shape index (κ2) is 8.48. The summed E-state index contributed by atoms with van der Waals surface area (Å²) in [5, 5.41) is 0. The van der Waals surface area contributed by atoms with Crippen LogP contribution in [0.5, 0.6) is 0 Å². The number of ether oxygens (including phenoxy) is 1. The SMILES string of the molecule is CC(=O)/C=C/CC1c2ccccc2CCN1C(=O)OCc1ccccc1. The predicted molar refractivity (Wildman–Crippen MR) is 101 cm³/mol. The largest absolute Gasteiger partial charge is 0.445 e. The number of ketones is 1. The van der Waals surface area contributed by atoms with E-state index in [4.69, 9.17) is 4.74 Å². The molecule has 4 heteroatoms. The highest BCUT2D eigenvalue weighted by atomic mass is 16.6. The molecule has 3 rings (SSSR count). The topological polar surface area (TPSA) is 46.6 Å². The molecule has 1 aliphatic rings. The molecule has 134 valence electrons. The van der Waals surface area contributed by atoms with E-state index in [9.17, 15) is 9.59 Å². The van der Waals surface area contributed by atoms with Gasteiger partial charge in [-0.2, -0.15) is 0 Å². The van der Waals surface area contributed by atoms with E-state index in [-0.39, 0.29) is 24.5 Å². The van der Waals surface area contributed by atoms with E-state index in [0.717, 1.165) is 17.5 Å². The summed E-state index contributed by atoms with van der Waals surface area (Å²) < 4.78 is 5.54. The van der Waals surface area contributed by atoms with Crippen molar-refractivity contribution in [1.29, 1.82) is 0 Å². The minimum Gasteiger partial charge on any atom is -0.445 e. The van der Waals surface area contributed by atoms with Crippen LogP contribution in [0.25, 0.3) is 0 Å². The summed E-state index contributed by atoms with van der Waals surface area (Å²) in [6, 6.07) is 17.7. The average molecular weight is 349 g/mol. The van der Waals surface area contributed by atoms with Gasteiger partial charge < -0.3 is 9.64 Å². The van der Waals surface area contributed by atoms with Crippen LogP contribution in [0.1, 0.15) is 36.1 Å². The molecule has 1 unspecified atom stereocenters. The molecule has 1 aliphatic heterocycles. The Bertz CT molecular complexity index is 798. The standard InChI is InChI=1S/C22H23NO3/c1-17(24)8-7-13-21-20-12-6-5-11-19(20)14-15-23(21)22(25)26-16-18-9-3-2-4-10-18/h2-12,21H,13-16H2,1H3/b8-7+. The van der Waals surface area contributed by atoms with Gasteiger partial charge in [-0.05, 0) is 42.5 Å². The molecule has 0 saturated carbocycles. The Morgan fingerprint density at radius 3 is 2.62 bits per heavy atom. The molecule has 0 aromatic heterocycles. The average Bonchev–Trinajstić information content (AvgIpc) is 2.66. The fourth-order valence-electron chi connectivity index (χ4n) is 3.29. The molecule has 0 saturated heterocycles. The highest BCUT2D eigenvalue weighted by molar-refractivity contribution is 5.87. The van der Waals surface area contributed by atoms with Crippen LogP contribution in [0, 0.1) is 0 Å². The summed E-state index contributed by atoms with van der Waals surface area (Å²) >= 11 is 0. The van der Waals surface area contributed by atoms with Crippen molar-refractivity contribution >= 4 is 11.9 Å². The quantitative estimate of drug-likeness (QED) is 0.749. The maximum absolute atomic E-state index is 12.7. The Labute approximate surface area is 154 Å². The van der Waals surface area contributed by atoms with Crippen molar-refractivity contribution in [3.05, 3.63) is 83.4 Å². The number of hydrogen-bond donors (Lipinski definition) is 0. The van der Waals surface area contributed by atoms with E-state index in [1.165, 1.54) is 12.5 Å². The summed E-state index contributed by atoms with van der Waals surface area (Å²) in [7, 11) is 0. The zero-order chi connectivity index (χ0) is 18.4. The Morgan fingerprint density at radius 1 is 1.12 bits per heavy atom. The molecule has 2 aromatic carbocycles. The smallest absolute Gasteiger partial charge is 0.410 e. The normalized spacial score (nSPS) is 16.3. The first kappa shape index (κ1) is 17.9. The van der Waals surface area contributed by atoms with Gasteiger partial charge in [0, 0.05) is 6.54 Å². The molecular formula is C22H23NO3. The number of fused-ring (bicyclic) bond motifs is 1. The minimum absolute atomic E-state index is 0.00676. The second-order valence-corrected chi connectivity index (χ2v) is 6.45. The number of carbonyl (C=O) groups is 2. The predicted octanol–water partition coefficient (Wildman–Crippen LogP) is 4.46. The third-order valence-corrected chi connectivity index (χ3v) is 4.56. The summed E-state index contributed by atoms with van der Waals surface area (Å²) in [5.41, 5.74) is 3.34. The lowest BCUT2D eigenvalue weighted by Crippen LogP contribution is -2.40. The van der Waals surface area contributed by atoms with Gasteiger partial charge in [0.15, 0.2) is 5.78 Å². The van der Waals surface area contributed by atoms with Gasteiger partial charge in [0.2, 0.25) is 0 Å². The maximum Gasteiger partial charge on any atom is 0.410 e. The number of rotatable bonds is 5. The zero-order valence-electron chi connectivity index (χ0n) is 14.9. The van der Waals surface area contributed by atoms with E-state index in [0.29, 0.717) is 13.0 Å². The molecule has 0 fully saturated rings. The van der Waals surface area contributed by atoms with Crippen molar-refractivity contribution in [3.63, 3.8) is 0 Å². The van der Waals surface area contributed by atoms with Crippen LogP contribution in [0.3, 0.4) is 0 Å². The number of amides is 1. The van der Waals surface area contributed by atoms with Crippen molar-refractivity contribution in [2.75, 3.05) is 6.54 Å². The van der Waals surface area contributed by atoms with Gasteiger partial charge in [0.1, 0.15) is 6.61 Å². The lowest BCUT2D eigenvalue weighted by Gasteiger charge is -2.36. The van der Waals surface area contributed by atoms with Crippen LogP contribution in [-0.4, -0.2) is 23.3 Å². The number of nitrogens with zero attached hydrogens (tertiary/aromatic N) is 1. The number of benzene rings is 2. The number of allylic oxidation sites excluding steroid dienone is 1. The van der Waals surface area contributed by atoms with E-state index < -0.39 is 0 Å². The van der Waals surface area contributed by atoms with Gasteiger partial charge >= 0.3 is 6.09 Å². The van der Waals surface area contributed by atoms with Crippen molar-refractivity contribution in [2.45, 2.75) is 32.4 Å². The third-order valence-electron chi connectivity index (χ3n) is 4.56. The second-order valence-electron chi connectivity index (χ2n) is 6.45. The molecule has 0 radical (unpaired) electrons. The monoisotopic (exact) mass is 349 g/mol. The van der Waals surface area contributed by atoms with Crippen molar-refractivity contribution in [3.8, 4) is 0 Å². The highest BCUT2D eigenvalue weighted by Gasteiger charge is 2.30. The van der Waals surface area contributed by atoms with Gasteiger partial charge in [0.25, 0.3) is 0 Å². The Hall–Kier alpha value is -2.88. The van der Waals surface area contributed by atoms with Gasteiger partial charge in [-0.3, -0.25) is 4.79 Å². The first-order valence-corrected chi connectivity index (χ1v) is 8.87. The van der Waals surface area contributed by atoms with E-state index >= 15 is 0 Å². The molecule has 4 nitrogen and oxygen atoms in total. The van der Waals surface area contributed by atoms with Gasteiger partial charge in [0.05, 0.1) is 6.04 Å². The molecule has 0 spiro atoms. The molecule has 26 heavy (non-hydrogen) atoms. The first-order chi connectivity index (χ1) is 12.6. The maximum atomic E-state index is 12.7. The molecule has 1 amide bonds. The molecule has 1 atom stereocenters. The Balaban J connectivity index is 1.75. The summed E-state index contributed by atoms with van der Waals surface area (Å²) in [4.78, 5) is 25.7. The Morgan fingerprint density at radius 2 is 1.85 bits per heavy atom. The first-order valence-electron chi connectivity index (χ1n) is 8.87. The van der Waals surface area contributed by atoms with Gasteiger partial charge in [-0.1, -0.05) is 60.7 Å². The highest BCUT2D eigenvalue weighted by Crippen LogP contribution is 2.33. The summed E-state index contributed by atoms with van der Waals surface area (Å²) in [6.07, 6.45) is 4.49. The van der Waals surface area contributed by atoms with Crippen molar-refractivity contribution in [2.24, 2.45) is 0 Å². The van der Waals surface area contributed by atoms with Gasteiger partial charge in [-0.15, -0.1) is 0 Å². The van der Waals surface area contributed by atoms with Crippen molar-refractivity contribution in [1.82, 2.24) is 4.90 Å². The van der Waals surface area contributed by atoms with Crippen LogP contribution >= 0.6 is 0 Å². The van der Waals surface area contributed by atoms with E-state index in [1.807, 2.05) is 48.5 Å². The van der Waals surface area contributed by atoms with Gasteiger partial charge in [-0.25, -0.2) is 4.79 Å². The van der Waals surface area contributed by atoms with E-state index in [2.05, 4.69) is 12.1 Å². The molecule has 1 heterocycles. The lowest BCUT2D eigenvalue weighted by molar-refractivity contribution is -0.112. The van der Waals surface area contributed by atoms with Crippen molar-refractivity contribution < 1.29 is 14.3 Å². The summed E-state index contributed by atoms with van der Waals surface area (Å²) in [5.74, 6) is 0.00676. The third kappa shape index (κ3) is 4.39. The fourth-order valence-corrected chi connectivity index (χ4v) is 3.29. The number of carbonyl (C=O) groups excluding carboxylic acids is 2. The molecule has 2 aromatic rings. The van der Waals surface area contributed by atoms with Crippen LogP contribution in [-0.2, 0) is 22.6 Å². The molecular weight excluding hydrogens is 326 g/mol. The Kier molecular flexibility index (Phi) is 5.84. The molecule has 0 bridgehead atoms. The summed E-state index contributed by atoms with van der Waals surface area (Å²) in [6.45, 7) is 2.40. The van der Waals surface area contributed by atoms with Crippen LogP contribution in [0.2, 0.25) is 0 Å². The number of hydrogen-bond acceptors (Lipinski definition) is 3. The zero-order valence-corrected chi connectivity index (χ0v) is 14.9. The molecule has 0 aliphatic carbocycles.